The van der Waals surface area contributed by atoms with E-state index in [2.05, 4.69) is 121 Å². The third-order valence-electron chi connectivity index (χ3n) is 9.59. The maximum Gasteiger partial charge on any atom is 0.157 e. The van der Waals surface area contributed by atoms with Gasteiger partial charge in [-0.05, 0) is 67.6 Å². The van der Waals surface area contributed by atoms with E-state index in [0.29, 0.717) is 18.2 Å². The van der Waals surface area contributed by atoms with Crippen molar-refractivity contribution in [3.63, 3.8) is 0 Å². The van der Waals surface area contributed by atoms with Gasteiger partial charge in [0.1, 0.15) is 17.0 Å². The lowest BCUT2D eigenvalue weighted by molar-refractivity contribution is 0.669. The van der Waals surface area contributed by atoms with Crippen LogP contribution in [0.3, 0.4) is 0 Å². The molecule has 0 saturated carbocycles. The number of aliphatic imine (C=N–C) groups is 2. The van der Waals surface area contributed by atoms with E-state index in [-0.39, 0.29) is 0 Å². The standard InChI is InChI=1S/C47H33N3O/c48-46(50-47(49-30-31-11-3-1-4-12-31)37-27-28-39-36(29-37)26-25-34-15-7-8-16-38(34)39)41-18-10-20-43-45(41)44-40(17-9-19-42(44)51-43)35-23-21-33(22-24-35)32-13-5-2-6-14-32/h1-29H,30H2,(H2,48,49,50). The topological polar surface area (TPSA) is 63.9 Å². The Morgan fingerprint density at radius 1 is 0.510 bits per heavy atom. The summed E-state index contributed by atoms with van der Waals surface area (Å²) in [6, 6.07) is 60.7. The van der Waals surface area contributed by atoms with Gasteiger partial charge in [-0.15, -0.1) is 0 Å². The molecule has 0 aliphatic rings. The van der Waals surface area contributed by atoms with Crippen LogP contribution in [0.1, 0.15) is 16.7 Å². The third-order valence-corrected chi connectivity index (χ3v) is 9.59. The van der Waals surface area contributed by atoms with Crippen molar-refractivity contribution < 1.29 is 4.42 Å². The number of nitrogens with zero attached hydrogens (tertiary/aromatic N) is 2. The zero-order chi connectivity index (χ0) is 34.1. The minimum absolute atomic E-state index is 0.378. The van der Waals surface area contributed by atoms with Gasteiger partial charge in [0.05, 0.1) is 6.54 Å². The van der Waals surface area contributed by atoms with Crippen LogP contribution < -0.4 is 5.73 Å². The molecule has 242 valence electrons. The minimum Gasteiger partial charge on any atom is -0.456 e. The molecule has 0 aliphatic carbocycles. The molecule has 0 bridgehead atoms. The van der Waals surface area contributed by atoms with Crippen molar-refractivity contribution in [1.29, 1.82) is 0 Å². The highest BCUT2D eigenvalue weighted by molar-refractivity contribution is 6.23. The molecule has 0 fully saturated rings. The molecule has 51 heavy (non-hydrogen) atoms. The van der Waals surface area contributed by atoms with Crippen molar-refractivity contribution in [3.8, 4) is 22.3 Å². The fourth-order valence-electron chi connectivity index (χ4n) is 7.06. The minimum atomic E-state index is 0.378. The van der Waals surface area contributed by atoms with E-state index in [4.69, 9.17) is 20.1 Å². The van der Waals surface area contributed by atoms with Crippen LogP contribution >= 0.6 is 0 Å². The first-order chi connectivity index (χ1) is 25.2. The molecular weight excluding hydrogens is 623 g/mol. The van der Waals surface area contributed by atoms with Gasteiger partial charge < -0.3 is 10.2 Å². The number of fused-ring (bicyclic) bond motifs is 6. The monoisotopic (exact) mass is 655 g/mol. The van der Waals surface area contributed by atoms with Gasteiger partial charge in [-0.2, -0.15) is 0 Å². The first-order valence-corrected chi connectivity index (χ1v) is 17.1. The van der Waals surface area contributed by atoms with E-state index >= 15 is 0 Å². The molecule has 0 spiro atoms. The summed E-state index contributed by atoms with van der Waals surface area (Å²) in [5, 5.41) is 6.69. The lowest BCUT2D eigenvalue weighted by Crippen LogP contribution is -2.17. The molecule has 0 saturated heterocycles. The number of amidine groups is 2. The molecule has 1 heterocycles. The van der Waals surface area contributed by atoms with Gasteiger partial charge in [-0.1, -0.05) is 158 Å². The number of rotatable bonds is 6. The molecule has 9 aromatic rings. The summed E-state index contributed by atoms with van der Waals surface area (Å²) < 4.78 is 6.44. The highest BCUT2D eigenvalue weighted by Crippen LogP contribution is 2.39. The molecule has 0 unspecified atom stereocenters. The Morgan fingerprint density at radius 3 is 1.98 bits per heavy atom. The lowest BCUT2D eigenvalue weighted by atomic mass is 9.95. The largest absolute Gasteiger partial charge is 0.456 e. The van der Waals surface area contributed by atoms with Crippen LogP contribution in [0, 0.1) is 0 Å². The smallest absolute Gasteiger partial charge is 0.157 e. The summed E-state index contributed by atoms with van der Waals surface area (Å²) in [5.74, 6) is 0.955. The molecule has 1 aromatic heterocycles. The van der Waals surface area contributed by atoms with E-state index in [0.717, 1.165) is 55.1 Å². The first-order valence-electron chi connectivity index (χ1n) is 17.1. The Labute approximate surface area is 295 Å². The number of benzene rings is 8. The van der Waals surface area contributed by atoms with Crippen LogP contribution in [-0.2, 0) is 6.54 Å². The maximum absolute atomic E-state index is 7.01. The van der Waals surface area contributed by atoms with Crippen molar-refractivity contribution in [2.24, 2.45) is 15.7 Å². The van der Waals surface area contributed by atoms with Gasteiger partial charge in [0.25, 0.3) is 0 Å². The molecular formula is C47H33N3O. The van der Waals surface area contributed by atoms with Gasteiger partial charge >= 0.3 is 0 Å². The Bertz CT molecular complexity index is 2760. The second-order valence-electron chi connectivity index (χ2n) is 12.7. The Hall–Kier alpha value is -6.78. The molecule has 4 heteroatoms. The molecule has 0 atom stereocenters. The SMILES string of the molecule is N/C(=N\C(=N/Cc1ccccc1)c1ccc2c(ccc3ccccc32)c1)c1cccc2oc3cccc(-c4ccc(-c5ccccc5)cc4)c3c12. The fourth-order valence-corrected chi connectivity index (χ4v) is 7.06. The van der Waals surface area contributed by atoms with Gasteiger partial charge in [0, 0.05) is 21.9 Å². The van der Waals surface area contributed by atoms with Gasteiger partial charge in [-0.25, -0.2) is 4.99 Å². The lowest BCUT2D eigenvalue weighted by Gasteiger charge is -2.10. The predicted molar refractivity (Wildman–Crippen MR) is 213 cm³/mol. The number of hydrogen-bond donors (Lipinski definition) is 1. The average molecular weight is 656 g/mol. The van der Waals surface area contributed by atoms with E-state index in [1.165, 1.54) is 27.3 Å². The zero-order valence-corrected chi connectivity index (χ0v) is 27.8. The molecule has 9 rings (SSSR count). The van der Waals surface area contributed by atoms with E-state index in [1.54, 1.807) is 0 Å². The van der Waals surface area contributed by atoms with Crippen molar-refractivity contribution >= 4 is 55.2 Å². The van der Waals surface area contributed by atoms with Crippen molar-refractivity contribution in [1.82, 2.24) is 0 Å². The second-order valence-corrected chi connectivity index (χ2v) is 12.7. The normalized spacial score (nSPS) is 12.3. The number of hydrogen-bond acceptors (Lipinski definition) is 2. The molecule has 2 N–H and O–H groups in total. The molecule has 0 radical (unpaired) electrons. The number of nitrogens with two attached hydrogens (primary N) is 1. The third kappa shape index (κ3) is 5.73. The van der Waals surface area contributed by atoms with E-state index in [9.17, 15) is 0 Å². The second kappa shape index (κ2) is 12.9. The van der Waals surface area contributed by atoms with Gasteiger partial charge in [0.2, 0.25) is 0 Å². The summed E-state index contributed by atoms with van der Waals surface area (Å²) in [7, 11) is 0. The maximum atomic E-state index is 7.01. The fraction of sp³-hybridized carbons (Fsp3) is 0.0213. The highest BCUT2D eigenvalue weighted by Gasteiger charge is 2.18. The molecule has 0 aliphatic heterocycles. The van der Waals surface area contributed by atoms with E-state index in [1.807, 2.05) is 54.6 Å². The van der Waals surface area contributed by atoms with Crippen LogP contribution in [0.5, 0.6) is 0 Å². The number of furan rings is 1. The van der Waals surface area contributed by atoms with Crippen LogP contribution in [-0.4, -0.2) is 11.7 Å². The highest BCUT2D eigenvalue weighted by atomic mass is 16.3. The van der Waals surface area contributed by atoms with Gasteiger partial charge in [0.15, 0.2) is 5.84 Å². The molecule has 8 aromatic carbocycles. The van der Waals surface area contributed by atoms with Crippen molar-refractivity contribution in [2.45, 2.75) is 6.54 Å². The summed E-state index contributed by atoms with van der Waals surface area (Å²) in [5.41, 5.74) is 15.9. The van der Waals surface area contributed by atoms with Crippen LogP contribution in [0.15, 0.2) is 190 Å². The molecule has 4 nitrogen and oxygen atoms in total. The summed E-state index contributed by atoms with van der Waals surface area (Å²) in [6.07, 6.45) is 0. The van der Waals surface area contributed by atoms with Crippen molar-refractivity contribution in [3.05, 3.63) is 193 Å². The Kier molecular flexibility index (Phi) is 7.67. The quantitative estimate of drug-likeness (QED) is 0.110. The first kappa shape index (κ1) is 30.3. The Morgan fingerprint density at radius 2 is 1.16 bits per heavy atom. The molecule has 0 amide bonds. The van der Waals surface area contributed by atoms with Gasteiger partial charge in [-0.3, -0.25) is 4.99 Å². The average Bonchev–Trinajstić information content (AvgIpc) is 3.59. The van der Waals surface area contributed by atoms with Crippen LogP contribution in [0.25, 0.3) is 65.7 Å². The zero-order valence-electron chi connectivity index (χ0n) is 27.8. The predicted octanol–water partition coefficient (Wildman–Crippen LogP) is 11.6. The van der Waals surface area contributed by atoms with Crippen LogP contribution in [0.4, 0.5) is 0 Å². The van der Waals surface area contributed by atoms with E-state index < -0.39 is 0 Å². The summed E-state index contributed by atoms with van der Waals surface area (Å²) in [4.78, 5) is 10.1. The van der Waals surface area contributed by atoms with Crippen molar-refractivity contribution in [2.75, 3.05) is 0 Å². The summed E-state index contributed by atoms with van der Waals surface area (Å²) in [6.45, 7) is 0.477. The Balaban J connectivity index is 1.17. The summed E-state index contributed by atoms with van der Waals surface area (Å²) >= 11 is 0. The van der Waals surface area contributed by atoms with Crippen LogP contribution in [0.2, 0.25) is 0 Å².